The van der Waals surface area contributed by atoms with Crippen LogP contribution in [0.5, 0.6) is 5.75 Å². The van der Waals surface area contributed by atoms with Crippen molar-refractivity contribution in [2.75, 3.05) is 11.9 Å². The Labute approximate surface area is 118 Å². The molecule has 1 atom stereocenters. The summed E-state index contributed by atoms with van der Waals surface area (Å²) in [6.45, 7) is 4.79. The molecule has 0 bridgehead atoms. The lowest BCUT2D eigenvalue weighted by Gasteiger charge is -2.14. The fourth-order valence-electron chi connectivity index (χ4n) is 2.07. The number of ether oxygens (including phenoxy) is 1. The van der Waals surface area contributed by atoms with Crippen LogP contribution in [0.15, 0.2) is 18.2 Å². The molecule has 1 aromatic rings. The van der Waals surface area contributed by atoms with Gasteiger partial charge in [-0.15, -0.1) is 0 Å². The van der Waals surface area contributed by atoms with Gasteiger partial charge in [-0.05, 0) is 51.4 Å². The first-order chi connectivity index (χ1) is 9.06. The third-order valence-electron chi connectivity index (χ3n) is 2.94. The van der Waals surface area contributed by atoms with E-state index >= 15 is 0 Å². The van der Waals surface area contributed by atoms with Gasteiger partial charge < -0.3 is 15.4 Å². The van der Waals surface area contributed by atoms with Gasteiger partial charge in [0.1, 0.15) is 5.75 Å². The zero-order chi connectivity index (χ0) is 13.8. The second-order valence-electron chi connectivity index (χ2n) is 4.95. The topological polar surface area (TPSA) is 50.4 Å². The molecule has 104 valence electrons. The number of anilines is 1. The Bertz CT molecular complexity index is 457. The van der Waals surface area contributed by atoms with Crippen LogP contribution >= 0.6 is 11.6 Å². The van der Waals surface area contributed by atoms with Crippen molar-refractivity contribution in [3.05, 3.63) is 23.2 Å². The lowest BCUT2D eigenvalue weighted by Crippen LogP contribution is -2.35. The van der Waals surface area contributed by atoms with E-state index in [1.165, 1.54) is 0 Å². The smallest absolute Gasteiger partial charge is 0.241 e. The first-order valence-corrected chi connectivity index (χ1v) is 6.94. The summed E-state index contributed by atoms with van der Waals surface area (Å²) >= 11 is 6.12. The van der Waals surface area contributed by atoms with E-state index in [4.69, 9.17) is 16.3 Å². The Hall–Kier alpha value is -1.26. The highest BCUT2D eigenvalue weighted by Crippen LogP contribution is 2.28. The summed E-state index contributed by atoms with van der Waals surface area (Å²) in [4.78, 5) is 11.9. The molecule has 1 amide bonds. The third kappa shape index (κ3) is 3.85. The monoisotopic (exact) mass is 282 g/mol. The normalized spacial score (nSPS) is 18.6. The van der Waals surface area contributed by atoms with Gasteiger partial charge in [0.2, 0.25) is 5.91 Å². The Morgan fingerprint density at radius 2 is 2.32 bits per heavy atom. The number of carbonyl (C=O) groups is 1. The number of benzene rings is 1. The fraction of sp³-hybridized carbons (Fsp3) is 0.500. The first kappa shape index (κ1) is 14.2. The Morgan fingerprint density at radius 1 is 1.53 bits per heavy atom. The molecule has 0 spiro atoms. The van der Waals surface area contributed by atoms with Crippen molar-refractivity contribution in [3.63, 3.8) is 0 Å². The van der Waals surface area contributed by atoms with E-state index in [1.54, 1.807) is 18.2 Å². The minimum atomic E-state index is -0.0923. The molecule has 19 heavy (non-hydrogen) atoms. The van der Waals surface area contributed by atoms with E-state index in [0.717, 1.165) is 19.4 Å². The molecule has 2 N–H and O–H groups in total. The summed E-state index contributed by atoms with van der Waals surface area (Å²) in [5.41, 5.74) is 0.694. The summed E-state index contributed by atoms with van der Waals surface area (Å²) < 4.78 is 5.55. The van der Waals surface area contributed by atoms with Gasteiger partial charge in [0.05, 0.1) is 17.2 Å². The van der Waals surface area contributed by atoms with E-state index in [0.29, 0.717) is 16.5 Å². The van der Waals surface area contributed by atoms with Crippen molar-refractivity contribution in [2.45, 2.75) is 38.8 Å². The summed E-state index contributed by atoms with van der Waals surface area (Å²) in [6.07, 6.45) is 1.99. The van der Waals surface area contributed by atoms with Crippen molar-refractivity contribution in [2.24, 2.45) is 0 Å². The molecule has 0 aromatic heterocycles. The number of rotatable bonds is 4. The summed E-state index contributed by atoms with van der Waals surface area (Å²) in [5.74, 6) is 0.625. The number of hydrogen-bond acceptors (Lipinski definition) is 3. The van der Waals surface area contributed by atoms with E-state index in [-0.39, 0.29) is 18.1 Å². The van der Waals surface area contributed by atoms with E-state index in [1.807, 2.05) is 13.8 Å². The minimum Gasteiger partial charge on any atom is -0.489 e. The predicted molar refractivity (Wildman–Crippen MR) is 76.9 cm³/mol. The van der Waals surface area contributed by atoms with Crippen LogP contribution in [0.4, 0.5) is 5.69 Å². The lowest BCUT2D eigenvalue weighted by atomic mass is 10.2. The highest BCUT2D eigenvalue weighted by molar-refractivity contribution is 6.32. The predicted octanol–water partition coefficient (Wildman–Crippen LogP) is 2.82. The van der Waals surface area contributed by atoms with Crippen molar-refractivity contribution >= 4 is 23.2 Å². The molecule has 0 saturated carbocycles. The zero-order valence-corrected chi connectivity index (χ0v) is 12.0. The minimum absolute atomic E-state index is 0.00825. The number of carbonyl (C=O) groups excluding carboxylic acids is 1. The maximum absolute atomic E-state index is 11.9. The highest BCUT2D eigenvalue weighted by Gasteiger charge is 2.22. The van der Waals surface area contributed by atoms with Crippen molar-refractivity contribution in [3.8, 4) is 5.75 Å². The van der Waals surface area contributed by atoms with Gasteiger partial charge in [-0.2, -0.15) is 0 Å². The molecule has 1 aromatic carbocycles. The summed E-state index contributed by atoms with van der Waals surface area (Å²) in [7, 11) is 0. The molecule has 0 radical (unpaired) electrons. The average Bonchev–Trinajstić information content (AvgIpc) is 2.86. The molecule has 0 aliphatic carbocycles. The van der Waals surface area contributed by atoms with Crippen molar-refractivity contribution in [1.29, 1.82) is 0 Å². The van der Waals surface area contributed by atoms with Gasteiger partial charge >= 0.3 is 0 Å². The van der Waals surface area contributed by atoms with Crippen LogP contribution in [0.25, 0.3) is 0 Å². The molecule has 4 nitrogen and oxygen atoms in total. The quantitative estimate of drug-likeness (QED) is 0.893. The number of hydrogen-bond donors (Lipinski definition) is 2. The van der Waals surface area contributed by atoms with Crippen LogP contribution in [0, 0.1) is 0 Å². The number of nitrogens with one attached hydrogen (secondary N) is 2. The molecule has 5 heteroatoms. The number of amides is 1. The van der Waals surface area contributed by atoms with Crippen LogP contribution < -0.4 is 15.4 Å². The molecule has 1 unspecified atom stereocenters. The summed E-state index contributed by atoms with van der Waals surface area (Å²) in [5, 5.41) is 6.53. The maximum Gasteiger partial charge on any atom is 0.241 e. The van der Waals surface area contributed by atoms with E-state index < -0.39 is 0 Å². The molecular formula is C14H19ClN2O2. The average molecular weight is 283 g/mol. The van der Waals surface area contributed by atoms with Crippen molar-refractivity contribution < 1.29 is 9.53 Å². The van der Waals surface area contributed by atoms with Gasteiger partial charge in [-0.3, -0.25) is 4.79 Å². The molecular weight excluding hydrogens is 264 g/mol. The molecule has 1 aliphatic rings. The Balaban J connectivity index is 2.01. The van der Waals surface area contributed by atoms with Crippen LogP contribution in [-0.2, 0) is 4.79 Å². The molecule has 2 rings (SSSR count). The van der Waals surface area contributed by atoms with Crippen LogP contribution in [0.3, 0.4) is 0 Å². The molecule has 1 aliphatic heterocycles. The molecule has 1 heterocycles. The third-order valence-corrected chi connectivity index (χ3v) is 3.23. The Morgan fingerprint density at radius 3 is 2.89 bits per heavy atom. The van der Waals surface area contributed by atoms with Crippen LogP contribution in [0.1, 0.15) is 26.7 Å². The SMILES string of the molecule is CC(C)Oc1ccc(NC(=O)C2CCCN2)cc1Cl. The zero-order valence-electron chi connectivity index (χ0n) is 11.2. The largest absolute Gasteiger partial charge is 0.489 e. The second-order valence-corrected chi connectivity index (χ2v) is 5.36. The fourth-order valence-corrected chi connectivity index (χ4v) is 2.29. The van der Waals surface area contributed by atoms with Crippen LogP contribution in [-0.4, -0.2) is 24.6 Å². The highest BCUT2D eigenvalue weighted by atomic mass is 35.5. The maximum atomic E-state index is 11.9. The van der Waals surface area contributed by atoms with E-state index in [9.17, 15) is 4.79 Å². The van der Waals surface area contributed by atoms with Gasteiger partial charge in [0.25, 0.3) is 0 Å². The second kappa shape index (κ2) is 6.26. The van der Waals surface area contributed by atoms with Gasteiger partial charge in [0, 0.05) is 5.69 Å². The van der Waals surface area contributed by atoms with Crippen LogP contribution in [0.2, 0.25) is 5.02 Å². The number of halogens is 1. The van der Waals surface area contributed by atoms with Crippen molar-refractivity contribution in [1.82, 2.24) is 5.32 Å². The van der Waals surface area contributed by atoms with Gasteiger partial charge in [-0.25, -0.2) is 0 Å². The first-order valence-electron chi connectivity index (χ1n) is 6.56. The summed E-state index contributed by atoms with van der Waals surface area (Å²) in [6, 6.07) is 5.20. The van der Waals surface area contributed by atoms with E-state index in [2.05, 4.69) is 10.6 Å². The lowest BCUT2D eigenvalue weighted by molar-refractivity contribution is -0.117. The van der Waals surface area contributed by atoms with Gasteiger partial charge in [-0.1, -0.05) is 11.6 Å². The standard InChI is InChI=1S/C14H19ClN2O2/c1-9(2)19-13-6-5-10(8-11(13)15)17-14(18)12-4-3-7-16-12/h5-6,8-9,12,16H,3-4,7H2,1-2H3,(H,17,18). The Kier molecular flexibility index (Phi) is 4.66. The molecule has 1 fully saturated rings. The van der Waals surface area contributed by atoms with Gasteiger partial charge in [0.15, 0.2) is 0 Å². The molecule has 1 saturated heterocycles.